The van der Waals surface area contributed by atoms with Crippen LogP contribution in [0.1, 0.15) is 38.5 Å². The monoisotopic (exact) mass is 276 g/mol. The van der Waals surface area contributed by atoms with Crippen LogP contribution < -0.4 is 10.6 Å². The number of anilines is 1. The Hall–Kier alpha value is -2.04. The van der Waals surface area contributed by atoms with Crippen LogP contribution in [0.25, 0.3) is 0 Å². The Morgan fingerprint density at radius 2 is 1.75 bits per heavy atom. The van der Waals surface area contributed by atoms with Crippen LogP contribution in [0.15, 0.2) is 24.3 Å². The third-order valence-electron chi connectivity index (χ3n) is 3.50. The molecule has 0 aliphatic heterocycles. The Labute approximate surface area is 118 Å². The van der Waals surface area contributed by atoms with E-state index in [1.54, 1.807) is 12.1 Å². The maximum absolute atomic E-state index is 11.8. The second-order valence-electron chi connectivity index (χ2n) is 5.17. The van der Waals surface area contributed by atoms with Crippen molar-refractivity contribution in [3.8, 4) is 5.75 Å². The van der Waals surface area contributed by atoms with Gasteiger partial charge in [0.25, 0.3) is 0 Å². The van der Waals surface area contributed by atoms with Gasteiger partial charge in [0.05, 0.1) is 0 Å². The Morgan fingerprint density at radius 3 is 2.40 bits per heavy atom. The molecule has 0 radical (unpaired) electrons. The summed E-state index contributed by atoms with van der Waals surface area (Å²) in [6, 6.07) is 6.22. The van der Waals surface area contributed by atoms with E-state index in [9.17, 15) is 14.7 Å². The van der Waals surface area contributed by atoms with E-state index in [-0.39, 0.29) is 11.8 Å². The molecule has 0 aromatic heterocycles. The highest BCUT2D eigenvalue weighted by molar-refractivity contribution is 6.39. The van der Waals surface area contributed by atoms with Gasteiger partial charge in [-0.05, 0) is 25.0 Å². The molecule has 0 heterocycles. The summed E-state index contributed by atoms with van der Waals surface area (Å²) in [5.41, 5.74) is 0.408. The summed E-state index contributed by atoms with van der Waals surface area (Å²) >= 11 is 0. The minimum Gasteiger partial charge on any atom is -0.508 e. The van der Waals surface area contributed by atoms with Gasteiger partial charge >= 0.3 is 11.8 Å². The normalized spacial score (nSPS) is 16.2. The molecule has 1 fully saturated rings. The number of nitrogens with one attached hydrogen (secondary N) is 2. The number of benzene rings is 1. The maximum Gasteiger partial charge on any atom is 0.313 e. The van der Waals surface area contributed by atoms with Gasteiger partial charge in [0.1, 0.15) is 5.75 Å². The van der Waals surface area contributed by atoms with Crippen molar-refractivity contribution < 1.29 is 14.7 Å². The van der Waals surface area contributed by atoms with Crippen LogP contribution in [0.5, 0.6) is 5.75 Å². The molecule has 1 aromatic carbocycles. The van der Waals surface area contributed by atoms with Crippen LogP contribution in [0, 0.1) is 0 Å². The second kappa shape index (κ2) is 6.93. The van der Waals surface area contributed by atoms with Crippen LogP contribution in [0.3, 0.4) is 0 Å². The molecule has 2 amide bonds. The predicted octanol–water partition coefficient (Wildman–Crippen LogP) is 2.17. The zero-order chi connectivity index (χ0) is 14.4. The Morgan fingerprint density at radius 1 is 1.05 bits per heavy atom. The molecule has 5 nitrogen and oxygen atoms in total. The van der Waals surface area contributed by atoms with Gasteiger partial charge in [-0.3, -0.25) is 9.59 Å². The first-order valence-electron chi connectivity index (χ1n) is 7.06. The van der Waals surface area contributed by atoms with Crippen LogP contribution in [-0.2, 0) is 9.59 Å². The Balaban J connectivity index is 1.86. The molecule has 1 saturated carbocycles. The molecular weight excluding hydrogens is 256 g/mol. The molecule has 1 aliphatic carbocycles. The average Bonchev–Trinajstić information content (AvgIpc) is 2.67. The van der Waals surface area contributed by atoms with Gasteiger partial charge in [-0.25, -0.2) is 0 Å². The topological polar surface area (TPSA) is 78.4 Å². The van der Waals surface area contributed by atoms with E-state index < -0.39 is 11.8 Å². The van der Waals surface area contributed by atoms with Crippen molar-refractivity contribution >= 4 is 17.5 Å². The van der Waals surface area contributed by atoms with Crippen molar-refractivity contribution in [2.24, 2.45) is 0 Å². The number of aromatic hydroxyl groups is 1. The molecule has 1 aromatic rings. The molecule has 0 unspecified atom stereocenters. The number of amides is 2. The quantitative estimate of drug-likeness (QED) is 0.572. The molecule has 3 N–H and O–H groups in total. The van der Waals surface area contributed by atoms with Gasteiger partial charge in [0.2, 0.25) is 0 Å². The van der Waals surface area contributed by atoms with Crippen LogP contribution in [0.2, 0.25) is 0 Å². The highest BCUT2D eigenvalue weighted by atomic mass is 16.3. The van der Waals surface area contributed by atoms with Gasteiger partial charge in [0, 0.05) is 17.8 Å². The lowest BCUT2D eigenvalue weighted by molar-refractivity contribution is -0.136. The van der Waals surface area contributed by atoms with Gasteiger partial charge in [-0.1, -0.05) is 31.7 Å². The van der Waals surface area contributed by atoms with Crippen molar-refractivity contribution in [1.82, 2.24) is 5.32 Å². The van der Waals surface area contributed by atoms with E-state index in [1.165, 1.54) is 25.0 Å². The molecule has 2 rings (SSSR count). The summed E-state index contributed by atoms with van der Waals surface area (Å²) in [5.74, 6) is -1.26. The Kier molecular flexibility index (Phi) is 4.98. The molecule has 5 heteroatoms. The first kappa shape index (κ1) is 14.4. The number of carbonyl (C=O) groups is 2. The molecule has 1 aliphatic rings. The summed E-state index contributed by atoms with van der Waals surface area (Å²) in [7, 11) is 0. The minimum atomic E-state index is -0.695. The SMILES string of the molecule is O=C(Nc1cccc(O)c1)C(=O)NC1CCCCCC1. The zero-order valence-corrected chi connectivity index (χ0v) is 11.4. The highest BCUT2D eigenvalue weighted by Gasteiger charge is 2.19. The number of hydrogen-bond acceptors (Lipinski definition) is 3. The van der Waals surface area contributed by atoms with Crippen molar-refractivity contribution in [3.63, 3.8) is 0 Å². The van der Waals surface area contributed by atoms with Crippen LogP contribution >= 0.6 is 0 Å². The average molecular weight is 276 g/mol. The number of phenolic OH excluding ortho intramolecular Hbond substituents is 1. The highest BCUT2D eigenvalue weighted by Crippen LogP contribution is 2.17. The third-order valence-corrected chi connectivity index (χ3v) is 3.50. The summed E-state index contributed by atoms with van der Waals surface area (Å²) in [4.78, 5) is 23.6. The van der Waals surface area contributed by atoms with E-state index in [0.717, 1.165) is 25.7 Å². The molecule has 0 bridgehead atoms. The fraction of sp³-hybridized carbons (Fsp3) is 0.467. The third kappa shape index (κ3) is 4.26. The van der Waals surface area contributed by atoms with Gasteiger partial charge in [-0.15, -0.1) is 0 Å². The smallest absolute Gasteiger partial charge is 0.313 e. The number of carbonyl (C=O) groups excluding carboxylic acids is 2. The van der Waals surface area contributed by atoms with Gasteiger partial charge < -0.3 is 15.7 Å². The fourth-order valence-corrected chi connectivity index (χ4v) is 2.45. The Bertz CT molecular complexity index is 480. The molecular formula is C15H20N2O3. The lowest BCUT2D eigenvalue weighted by Gasteiger charge is -2.15. The summed E-state index contributed by atoms with van der Waals surface area (Å²) in [5, 5.41) is 14.6. The van der Waals surface area contributed by atoms with Crippen molar-refractivity contribution in [2.45, 2.75) is 44.6 Å². The largest absolute Gasteiger partial charge is 0.508 e. The summed E-state index contributed by atoms with van der Waals surface area (Å²) in [6.07, 6.45) is 6.46. The van der Waals surface area contributed by atoms with Crippen molar-refractivity contribution in [2.75, 3.05) is 5.32 Å². The van der Waals surface area contributed by atoms with Gasteiger partial charge in [-0.2, -0.15) is 0 Å². The van der Waals surface area contributed by atoms with Crippen LogP contribution in [0.4, 0.5) is 5.69 Å². The lowest BCUT2D eigenvalue weighted by atomic mass is 10.1. The number of phenols is 1. The van der Waals surface area contributed by atoms with E-state index >= 15 is 0 Å². The zero-order valence-electron chi connectivity index (χ0n) is 11.4. The molecule has 0 saturated heterocycles. The van der Waals surface area contributed by atoms with Crippen molar-refractivity contribution in [1.29, 1.82) is 0 Å². The first-order chi connectivity index (χ1) is 9.65. The van der Waals surface area contributed by atoms with E-state index in [4.69, 9.17) is 0 Å². The van der Waals surface area contributed by atoms with Crippen LogP contribution in [-0.4, -0.2) is 23.0 Å². The second-order valence-corrected chi connectivity index (χ2v) is 5.17. The minimum absolute atomic E-state index is 0.0481. The first-order valence-corrected chi connectivity index (χ1v) is 7.06. The summed E-state index contributed by atoms with van der Waals surface area (Å²) in [6.45, 7) is 0. The van der Waals surface area contributed by atoms with E-state index in [1.807, 2.05) is 0 Å². The standard InChI is InChI=1S/C15H20N2O3/c18-13-9-5-8-12(10-13)17-15(20)14(19)16-11-6-3-1-2-4-7-11/h5,8-11,18H,1-4,6-7H2,(H,16,19)(H,17,20). The van der Waals surface area contributed by atoms with Gasteiger partial charge in [0.15, 0.2) is 0 Å². The molecule has 20 heavy (non-hydrogen) atoms. The van der Waals surface area contributed by atoms with E-state index in [0.29, 0.717) is 5.69 Å². The maximum atomic E-state index is 11.8. The van der Waals surface area contributed by atoms with E-state index in [2.05, 4.69) is 10.6 Å². The predicted molar refractivity (Wildman–Crippen MR) is 76.4 cm³/mol. The molecule has 0 atom stereocenters. The number of hydrogen-bond donors (Lipinski definition) is 3. The summed E-state index contributed by atoms with van der Waals surface area (Å²) < 4.78 is 0. The molecule has 0 spiro atoms. The lowest BCUT2D eigenvalue weighted by Crippen LogP contribution is -2.41. The number of rotatable bonds is 2. The fourth-order valence-electron chi connectivity index (χ4n) is 2.45. The molecule has 108 valence electrons. The van der Waals surface area contributed by atoms with Crippen molar-refractivity contribution in [3.05, 3.63) is 24.3 Å².